The molecule has 0 aliphatic carbocycles. The molecule has 1 fully saturated rings. The lowest BCUT2D eigenvalue weighted by Crippen LogP contribution is -2.37. The van der Waals surface area contributed by atoms with Crippen LogP contribution >= 0.6 is 12.4 Å². The van der Waals surface area contributed by atoms with E-state index in [1.54, 1.807) is 0 Å². The second-order valence-corrected chi connectivity index (χ2v) is 2.88. The summed E-state index contributed by atoms with van der Waals surface area (Å²) in [7, 11) is 0. The van der Waals surface area contributed by atoms with Crippen molar-refractivity contribution in [1.29, 1.82) is 0 Å². The number of ether oxygens (including phenoxy) is 1. The molecule has 0 atom stereocenters. The molecule has 0 saturated carbocycles. The Hall–Kier alpha value is 0.170. The average Bonchev–Trinajstić information content (AvgIpc) is 1.89. The molecule has 1 rings (SSSR count). The zero-order chi connectivity index (χ0) is 7.45. The second-order valence-electron chi connectivity index (χ2n) is 2.88. The normalized spacial score (nSPS) is 22.4. The lowest BCUT2D eigenvalue weighted by Gasteiger charge is -2.31. The van der Waals surface area contributed by atoms with Gasteiger partial charge in [-0.3, -0.25) is 0 Å². The number of aliphatic hydroxyl groups is 1. The molecule has 1 heterocycles. The van der Waals surface area contributed by atoms with E-state index < -0.39 is 5.60 Å². The molecule has 3 N–H and O–H groups in total. The van der Waals surface area contributed by atoms with Crippen LogP contribution in [0.15, 0.2) is 0 Å². The number of hydrogen-bond donors (Lipinski definition) is 2. The summed E-state index contributed by atoms with van der Waals surface area (Å²) in [4.78, 5) is 0. The van der Waals surface area contributed by atoms with Gasteiger partial charge in [0.1, 0.15) is 0 Å². The predicted octanol–water partition coefficient (Wildman–Crippen LogP) is 0.298. The van der Waals surface area contributed by atoms with Gasteiger partial charge >= 0.3 is 0 Å². The molecule has 0 aromatic heterocycles. The Balaban J connectivity index is 0.000001000. The highest BCUT2D eigenvalue weighted by molar-refractivity contribution is 5.85. The molecule has 0 spiro atoms. The topological polar surface area (TPSA) is 55.5 Å². The van der Waals surface area contributed by atoms with Gasteiger partial charge in [-0.05, 0) is 25.8 Å². The fraction of sp³-hybridized carbons (Fsp3) is 1.00. The first kappa shape index (κ1) is 11.2. The molecule has 0 amide bonds. The predicted molar refractivity (Wildman–Crippen MR) is 45.9 cm³/mol. The molecule has 1 aliphatic rings. The first-order valence-electron chi connectivity index (χ1n) is 3.77. The molecule has 0 radical (unpaired) electrons. The fourth-order valence-corrected chi connectivity index (χ4v) is 1.27. The summed E-state index contributed by atoms with van der Waals surface area (Å²) < 4.78 is 5.11. The Morgan fingerprint density at radius 1 is 1.36 bits per heavy atom. The van der Waals surface area contributed by atoms with Gasteiger partial charge in [0.15, 0.2) is 0 Å². The quantitative estimate of drug-likeness (QED) is 0.645. The van der Waals surface area contributed by atoms with Gasteiger partial charge in [-0.25, -0.2) is 0 Å². The number of nitrogens with two attached hydrogens (primary N) is 1. The molecule has 1 saturated heterocycles. The molecule has 0 aromatic carbocycles. The average molecular weight is 182 g/mol. The van der Waals surface area contributed by atoms with Crippen LogP contribution in [0.1, 0.15) is 19.3 Å². The zero-order valence-corrected chi connectivity index (χ0v) is 7.40. The van der Waals surface area contributed by atoms with Crippen molar-refractivity contribution in [3.05, 3.63) is 0 Å². The largest absolute Gasteiger partial charge is 0.390 e. The first-order chi connectivity index (χ1) is 4.77. The van der Waals surface area contributed by atoms with Gasteiger partial charge in [-0.1, -0.05) is 0 Å². The van der Waals surface area contributed by atoms with Gasteiger partial charge in [0, 0.05) is 13.2 Å². The molecule has 68 valence electrons. The lowest BCUT2D eigenvalue weighted by atomic mass is 9.91. The highest BCUT2D eigenvalue weighted by Crippen LogP contribution is 2.22. The van der Waals surface area contributed by atoms with Gasteiger partial charge in [0.2, 0.25) is 0 Å². The Labute approximate surface area is 73.3 Å². The molecule has 1 aliphatic heterocycles. The highest BCUT2D eigenvalue weighted by atomic mass is 35.5. The van der Waals surface area contributed by atoms with Crippen LogP contribution in [0.3, 0.4) is 0 Å². The van der Waals surface area contributed by atoms with Gasteiger partial charge in [0.25, 0.3) is 0 Å². The van der Waals surface area contributed by atoms with Crippen molar-refractivity contribution in [3.8, 4) is 0 Å². The van der Waals surface area contributed by atoms with Crippen LogP contribution < -0.4 is 5.73 Å². The van der Waals surface area contributed by atoms with E-state index >= 15 is 0 Å². The first-order valence-corrected chi connectivity index (χ1v) is 3.77. The number of halogens is 1. The SMILES string of the molecule is Cl.NCCC1(O)CCOCC1. The van der Waals surface area contributed by atoms with Crippen LogP contribution in [0.25, 0.3) is 0 Å². The van der Waals surface area contributed by atoms with E-state index in [0.29, 0.717) is 26.2 Å². The summed E-state index contributed by atoms with van der Waals surface area (Å²) in [6, 6.07) is 0. The fourth-order valence-electron chi connectivity index (χ4n) is 1.27. The minimum Gasteiger partial charge on any atom is -0.390 e. The van der Waals surface area contributed by atoms with Crippen molar-refractivity contribution >= 4 is 12.4 Å². The lowest BCUT2D eigenvalue weighted by molar-refractivity contribution is -0.0663. The maximum atomic E-state index is 9.71. The van der Waals surface area contributed by atoms with Gasteiger partial charge in [0.05, 0.1) is 5.60 Å². The maximum Gasteiger partial charge on any atom is 0.0703 e. The highest BCUT2D eigenvalue weighted by Gasteiger charge is 2.28. The van der Waals surface area contributed by atoms with Crippen molar-refractivity contribution < 1.29 is 9.84 Å². The summed E-state index contributed by atoms with van der Waals surface area (Å²) in [5.41, 5.74) is 4.82. The standard InChI is InChI=1S/C7H15NO2.ClH/c8-4-1-7(9)2-5-10-6-3-7;/h9H,1-6,8H2;1H. The third kappa shape index (κ3) is 3.38. The third-order valence-electron chi connectivity index (χ3n) is 2.03. The van der Waals surface area contributed by atoms with Crippen molar-refractivity contribution in [2.75, 3.05) is 19.8 Å². The molecule has 4 heteroatoms. The Kier molecular flexibility index (Phi) is 5.01. The van der Waals surface area contributed by atoms with Gasteiger partial charge in [-0.2, -0.15) is 0 Å². The van der Waals surface area contributed by atoms with E-state index in [0.717, 1.165) is 12.8 Å². The van der Waals surface area contributed by atoms with Crippen molar-refractivity contribution in [2.45, 2.75) is 24.9 Å². The van der Waals surface area contributed by atoms with Gasteiger partial charge in [-0.15, -0.1) is 12.4 Å². The van der Waals surface area contributed by atoms with Crippen LogP contribution in [0.2, 0.25) is 0 Å². The Bertz CT molecular complexity index is 99.1. The molecule has 0 aromatic rings. The summed E-state index contributed by atoms with van der Waals surface area (Å²) in [5.74, 6) is 0. The smallest absolute Gasteiger partial charge is 0.0703 e. The third-order valence-corrected chi connectivity index (χ3v) is 2.03. The number of rotatable bonds is 2. The van der Waals surface area contributed by atoms with E-state index in [1.165, 1.54) is 0 Å². The van der Waals surface area contributed by atoms with E-state index in [-0.39, 0.29) is 12.4 Å². The minimum atomic E-state index is -0.521. The molecule has 3 nitrogen and oxygen atoms in total. The van der Waals surface area contributed by atoms with E-state index in [9.17, 15) is 5.11 Å². The summed E-state index contributed by atoms with van der Waals surface area (Å²) in [6.07, 6.45) is 2.19. The van der Waals surface area contributed by atoms with E-state index in [1.807, 2.05) is 0 Å². The molecule has 0 unspecified atom stereocenters. The molecular formula is C7H16ClNO2. The molecule has 0 bridgehead atoms. The van der Waals surface area contributed by atoms with Crippen molar-refractivity contribution in [2.24, 2.45) is 5.73 Å². The van der Waals surface area contributed by atoms with Crippen LogP contribution in [0, 0.1) is 0 Å². The Morgan fingerprint density at radius 2 is 1.91 bits per heavy atom. The monoisotopic (exact) mass is 181 g/mol. The van der Waals surface area contributed by atoms with E-state index in [4.69, 9.17) is 10.5 Å². The molecule has 11 heavy (non-hydrogen) atoms. The van der Waals surface area contributed by atoms with Crippen LogP contribution in [0.4, 0.5) is 0 Å². The van der Waals surface area contributed by atoms with Crippen molar-refractivity contribution in [1.82, 2.24) is 0 Å². The van der Waals surface area contributed by atoms with Crippen LogP contribution in [-0.4, -0.2) is 30.5 Å². The van der Waals surface area contributed by atoms with Crippen molar-refractivity contribution in [3.63, 3.8) is 0 Å². The molecular weight excluding hydrogens is 166 g/mol. The van der Waals surface area contributed by atoms with Crippen LogP contribution in [0.5, 0.6) is 0 Å². The zero-order valence-electron chi connectivity index (χ0n) is 6.58. The summed E-state index contributed by atoms with van der Waals surface area (Å²) in [5, 5.41) is 9.71. The Morgan fingerprint density at radius 3 is 2.36 bits per heavy atom. The van der Waals surface area contributed by atoms with Gasteiger partial charge < -0.3 is 15.6 Å². The summed E-state index contributed by atoms with van der Waals surface area (Å²) in [6.45, 7) is 1.92. The second kappa shape index (κ2) is 4.93. The maximum absolute atomic E-state index is 9.71. The van der Waals surface area contributed by atoms with E-state index in [2.05, 4.69) is 0 Å². The minimum absolute atomic E-state index is 0. The summed E-state index contributed by atoms with van der Waals surface area (Å²) >= 11 is 0. The number of hydrogen-bond acceptors (Lipinski definition) is 3. The van der Waals surface area contributed by atoms with Crippen LogP contribution in [-0.2, 0) is 4.74 Å².